The van der Waals surface area contributed by atoms with Crippen LogP contribution >= 0.6 is 0 Å². The molecule has 1 amide bonds. The molecule has 3 aromatic rings. The molecule has 0 aliphatic carbocycles. The lowest BCUT2D eigenvalue weighted by atomic mass is 10.1. The van der Waals surface area contributed by atoms with Crippen LogP contribution in [0.15, 0.2) is 57.9 Å². The minimum atomic E-state index is -0.0807. The van der Waals surface area contributed by atoms with Crippen LogP contribution < -0.4 is 15.4 Å². The number of nitrogens with zero attached hydrogens (tertiary/aromatic N) is 2. The van der Waals surface area contributed by atoms with E-state index < -0.39 is 0 Å². The van der Waals surface area contributed by atoms with E-state index in [1.807, 2.05) is 55.1 Å². The Morgan fingerprint density at radius 3 is 2.64 bits per heavy atom. The highest BCUT2D eigenvalue weighted by Crippen LogP contribution is 2.31. The number of carbonyl (C=O) groups excluding carboxylic acids is 1. The van der Waals surface area contributed by atoms with Gasteiger partial charge in [-0.1, -0.05) is 36.4 Å². The van der Waals surface area contributed by atoms with Gasteiger partial charge in [0.25, 0.3) is 0 Å². The molecule has 1 aliphatic heterocycles. The van der Waals surface area contributed by atoms with E-state index in [0.29, 0.717) is 38.6 Å². The Labute approximate surface area is 194 Å². The number of benzene rings is 2. The molecule has 1 aliphatic rings. The predicted molar refractivity (Wildman–Crippen MR) is 130 cm³/mol. The van der Waals surface area contributed by atoms with Gasteiger partial charge in [0, 0.05) is 38.5 Å². The zero-order chi connectivity index (χ0) is 23.2. The van der Waals surface area contributed by atoms with Crippen LogP contribution in [0, 0.1) is 0 Å². The molecule has 2 heterocycles. The van der Waals surface area contributed by atoms with Gasteiger partial charge in [-0.15, -0.1) is 0 Å². The van der Waals surface area contributed by atoms with Crippen LogP contribution in [0.5, 0.6) is 5.75 Å². The summed E-state index contributed by atoms with van der Waals surface area (Å²) in [6.45, 7) is 6.66. The van der Waals surface area contributed by atoms with Gasteiger partial charge >= 0.3 is 0 Å². The number of nitrogens with one attached hydrogen (secondary N) is 2. The lowest BCUT2D eigenvalue weighted by Crippen LogP contribution is -2.39. The summed E-state index contributed by atoms with van der Waals surface area (Å²) in [6.07, 6.45) is 1.25. The molecular weight excluding hydrogens is 416 g/mol. The average Bonchev–Trinajstić information content (AvgIpc) is 3.46. The second-order valence-corrected chi connectivity index (χ2v) is 8.24. The first-order chi connectivity index (χ1) is 16.1. The highest BCUT2D eigenvalue weighted by molar-refractivity contribution is 5.84. The molecule has 0 saturated carbocycles. The maximum absolute atomic E-state index is 12.6. The maximum atomic E-state index is 12.6. The van der Waals surface area contributed by atoms with Gasteiger partial charge in [-0.2, -0.15) is 0 Å². The molecule has 1 aromatic heterocycles. The summed E-state index contributed by atoms with van der Waals surface area (Å²) < 4.78 is 11.8. The Morgan fingerprint density at radius 2 is 1.94 bits per heavy atom. The fraction of sp³-hybridized carbons (Fsp3) is 0.385. The third-order valence-corrected chi connectivity index (χ3v) is 5.88. The van der Waals surface area contributed by atoms with Gasteiger partial charge in [0.05, 0.1) is 12.6 Å². The predicted octanol–water partition coefficient (Wildman–Crippen LogP) is 4.38. The van der Waals surface area contributed by atoms with Crippen molar-refractivity contribution in [2.75, 3.05) is 20.2 Å². The van der Waals surface area contributed by atoms with Crippen molar-refractivity contribution in [3.8, 4) is 5.75 Å². The van der Waals surface area contributed by atoms with Crippen molar-refractivity contribution in [3.05, 3.63) is 65.4 Å². The summed E-state index contributed by atoms with van der Waals surface area (Å²) >= 11 is 0. The van der Waals surface area contributed by atoms with E-state index >= 15 is 0 Å². The molecule has 7 heteroatoms. The second kappa shape index (κ2) is 10.4. The van der Waals surface area contributed by atoms with Gasteiger partial charge in [-0.25, -0.2) is 0 Å². The highest BCUT2D eigenvalue weighted by atomic mass is 16.5. The number of para-hydroxylation sites is 1. The van der Waals surface area contributed by atoms with Crippen LogP contribution in [0.25, 0.3) is 11.0 Å². The molecule has 4 rings (SSSR count). The first-order valence-electron chi connectivity index (χ1n) is 11.6. The number of furan rings is 1. The number of aliphatic imine (C=N–C) groups is 1. The summed E-state index contributed by atoms with van der Waals surface area (Å²) in [4.78, 5) is 18.8. The van der Waals surface area contributed by atoms with Crippen molar-refractivity contribution >= 4 is 22.8 Å². The lowest BCUT2D eigenvalue weighted by Gasteiger charge is -2.17. The minimum absolute atomic E-state index is 0.0807. The molecule has 33 heavy (non-hydrogen) atoms. The van der Waals surface area contributed by atoms with Gasteiger partial charge in [0.15, 0.2) is 17.3 Å². The average molecular weight is 449 g/mol. The Hall–Kier alpha value is -3.48. The third kappa shape index (κ3) is 5.30. The Bertz CT molecular complexity index is 1110. The number of amides is 1. The summed E-state index contributed by atoms with van der Waals surface area (Å²) in [5.74, 6) is 2.43. The van der Waals surface area contributed by atoms with Crippen molar-refractivity contribution in [2.24, 2.45) is 4.99 Å². The smallest absolute Gasteiger partial charge is 0.223 e. The first-order valence-corrected chi connectivity index (χ1v) is 11.6. The molecule has 2 N–H and O–H groups in total. The third-order valence-electron chi connectivity index (χ3n) is 5.88. The van der Waals surface area contributed by atoms with Crippen LogP contribution in [-0.4, -0.2) is 37.0 Å². The SMILES string of the molecule is CCOc1cccc2cc(C(C)NC(=NC)NCCCC(=O)N3Cc4ccccc4C3)oc12. The molecule has 1 unspecified atom stereocenters. The molecule has 2 aromatic carbocycles. The van der Waals surface area contributed by atoms with E-state index in [1.54, 1.807) is 7.05 Å². The normalized spacial score (nSPS) is 14.3. The van der Waals surface area contributed by atoms with E-state index in [0.717, 1.165) is 28.9 Å². The summed E-state index contributed by atoms with van der Waals surface area (Å²) in [6, 6.07) is 16.1. The van der Waals surface area contributed by atoms with Gasteiger partial charge in [-0.3, -0.25) is 9.79 Å². The number of fused-ring (bicyclic) bond motifs is 2. The monoisotopic (exact) mass is 448 g/mol. The van der Waals surface area contributed by atoms with E-state index in [9.17, 15) is 4.79 Å². The molecule has 0 fully saturated rings. The molecule has 7 nitrogen and oxygen atoms in total. The van der Waals surface area contributed by atoms with E-state index in [2.05, 4.69) is 27.8 Å². The largest absolute Gasteiger partial charge is 0.490 e. The number of carbonyl (C=O) groups is 1. The molecule has 0 spiro atoms. The zero-order valence-electron chi connectivity index (χ0n) is 19.6. The van der Waals surface area contributed by atoms with Crippen LogP contribution in [0.2, 0.25) is 0 Å². The molecule has 1 atom stereocenters. The molecular formula is C26H32N4O3. The first kappa shape index (κ1) is 22.7. The van der Waals surface area contributed by atoms with Gasteiger partial charge in [-0.05, 0) is 43.5 Å². The van der Waals surface area contributed by atoms with Gasteiger partial charge < -0.3 is 24.7 Å². The van der Waals surface area contributed by atoms with E-state index in [4.69, 9.17) is 9.15 Å². The second-order valence-electron chi connectivity index (χ2n) is 8.24. The van der Waals surface area contributed by atoms with E-state index in [-0.39, 0.29) is 11.9 Å². The van der Waals surface area contributed by atoms with Crippen LogP contribution in [-0.2, 0) is 17.9 Å². The maximum Gasteiger partial charge on any atom is 0.223 e. The Balaban J connectivity index is 1.25. The summed E-state index contributed by atoms with van der Waals surface area (Å²) in [5, 5.41) is 7.67. The van der Waals surface area contributed by atoms with Gasteiger partial charge in [0.2, 0.25) is 5.91 Å². The van der Waals surface area contributed by atoms with Crippen molar-refractivity contribution in [1.29, 1.82) is 0 Å². The van der Waals surface area contributed by atoms with Crippen LogP contribution in [0.1, 0.15) is 49.6 Å². The standard InChI is InChI=1S/C26H32N4O3/c1-4-32-22-12-7-11-19-15-23(33-25(19)22)18(2)29-26(27-3)28-14-8-13-24(31)30-16-20-9-5-6-10-21(20)17-30/h5-7,9-12,15,18H,4,8,13-14,16-17H2,1-3H3,(H2,27,28,29). The van der Waals surface area contributed by atoms with Crippen molar-refractivity contribution in [3.63, 3.8) is 0 Å². The van der Waals surface area contributed by atoms with Crippen LogP contribution in [0.4, 0.5) is 0 Å². The van der Waals surface area contributed by atoms with Crippen molar-refractivity contribution in [2.45, 2.75) is 45.8 Å². The number of rotatable bonds is 8. The lowest BCUT2D eigenvalue weighted by molar-refractivity contribution is -0.131. The fourth-order valence-corrected chi connectivity index (χ4v) is 4.12. The van der Waals surface area contributed by atoms with Crippen molar-refractivity contribution in [1.82, 2.24) is 15.5 Å². The topological polar surface area (TPSA) is 79.1 Å². The summed E-state index contributed by atoms with van der Waals surface area (Å²) in [5.41, 5.74) is 3.26. The van der Waals surface area contributed by atoms with Crippen molar-refractivity contribution < 1.29 is 13.9 Å². The van der Waals surface area contributed by atoms with Crippen LogP contribution in [0.3, 0.4) is 0 Å². The Morgan fingerprint density at radius 1 is 1.18 bits per heavy atom. The quantitative estimate of drug-likeness (QED) is 0.304. The fourth-order valence-electron chi connectivity index (χ4n) is 4.12. The molecule has 0 radical (unpaired) electrons. The molecule has 174 valence electrons. The zero-order valence-corrected chi connectivity index (χ0v) is 19.6. The number of ether oxygens (including phenoxy) is 1. The highest BCUT2D eigenvalue weighted by Gasteiger charge is 2.22. The number of hydrogen-bond donors (Lipinski definition) is 2. The minimum Gasteiger partial charge on any atom is -0.490 e. The van der Waals surface area contributed by atoms with Gasteiger partial charge in [0.1, 0.15) is 5.76 Å². The summed E-state index contributed by atoms with van der Waals surface area (Å²) in [7, 11) is 1.74. The molecule has 0 bridgehead atoms. The number of guanidine groups is 1. The van der Waals surface area contributed by atoms with E-state index in [1.165, 1.54) is 11.1 Å². The molecule has 0 saturated heterocycles. The Kier molecular flexibility index (Phi) is 7.17. The number of hydrogen-bond acceptors (Lipinski definition) is 4.